The molecular weight excluding hydrogens is 212 g/mol. The number of hydrogen-bond donors (Lipinski definition) is 2. The molecule has 0 heterocycles. The van der Waals surface area contributed by atoms with Crippen molar-refractivity contribution in [2.45, 2.75) is 39.2 Å². The highest BCUT2D eigenvalue weighted by atomic mass is 16.1. The summed E-state index contributed by atoms with van der Waals surface area (Å²) in [7, 11) is 0. The number of carbonyl (C=O) groups is 1. The molecular formula is C14H20N2O. The summed E-state index contributed by atoms with van der Waals surface area (Å²) < 4.78 is 0. The highest BCUT2D eigenvalue weighted by molar-refractivity contribution is 5.91. The maximum Gasteiger partial charge on any atom is 0.225 e. The number of anilines is 1. The van der Waals surface area contributed by atoms with Gasteiger partial charge < -0.3 is 11.1 Å². The maximum atomic E-state index is 11.8. The summed E-state index contributed by atoms with van der Waals surface area (Å²) in [5, 5.41) is 2.90. The SMILES string of the molecule is Cc1ccc(NC(=O)CC(N)C2CC2)cc1C. The van der Waals surface area contributed by atoms with E-state index >= 15 is 0 Å². The summed E-state index contributed by atoms with van der Waals surface area (Å²) in [6.07, 6.45) is 2.79. The van der Waals surface area contributed by atoms with Crippen LogP contribution in [0, 0.1) is 19.8 Å². The van der Waals surface area contributed by atoms with Crippen LogP contribution in [0.25, 0.3) is 0 Å². The quantitative estimate of drug-likeness (QED) is 0.837. The predicted octanol–water partition coefficient (Wildman–Crippen LogP) is 2.37. The number of nitrogens with two attached hydrogens (primary N) is 1. The first-order chi connectivity index (χ1) is 8.06. The van der Waals surface area contributed by atoms with Crippen molar-refractivity contribution in [1.82, 2.24) is 0 Å². The highest BCUT2D eigenvalue weighted by Gasteiger charge is 2.29. The number of benzene rings is 1. The number of carbonyl (C=O) groups excluding carboxylic acids is 1. The van der Waals surface area contributed by atoms with Crippen LogP contribution >= 0.6 is 0 Å². The zero-order chi connectivity index (χ0) is 12.4. The van der Waals surface area contributed by atoms with Crippen LogP contribution in [0.4, 0.5) is 5.69 Å². The van der Waals surface area contributed by atoms with E-state index in [1.54, 1.807) is 0 Å². The van der Waals surface area contributed by atoms with Crippen molar-refractivity contribution in [1.29, 1.82) is 0 Å². The van der Waals surface area contributed by atoms with Crippen molar-refractivity contribution in [3.05, 3.63) is 29.3 Å². The van der Waals surface area contributed by atoms with E-state index in [0.717, 1.165) is 5.69 Å². The Kier molecular flexibility index (Phi) is 3.48. The molecule has 17 heavy (non-hydrogen) atoms. The Morgan fingerprint density at radius 2 is 2.12 bits per heavy atom. The minimum Gasteiger partial charge on any atom is -0.327 e. The first-order valence-electron chi connectivity index (χ1n) is 6.19. The summed E-state index contributed by atoms with van der Waals surface area (Å²) in [6, 6.07) is 5.98. The third-order valence-corrected chi connectivity index (χ3v) is 3.44. The number of aryl methyl sites for hydroxylation is 2. The van der Waals surface area contributed by atoms with Crippen molar-refractivity contribution < 1.29 is 4.79 Å². The molecule has 1 unspecified atom stereocenters. The number of hydrogen-bond acceptors (Lipinski definition) is 2. The highest BCUT2D eigenvalue weighted by Crippen LogP contribution is 2.32. The van der Waals surface area contributed by atoms with Crippen LogP contribution < -0.4 is 11.1 Å². The molecule has 1 aliphatic rings. The van der Waals surface area contributed by atoms with E-state index in [9.17, 15) is 4.79 Å². The lowest BCUT2D eigenvalue weighted by molar-refractivity contribution is -0.116. The van der Waals surface area contributed by atoms with Gasteiger partial charge in [0.2, 0.25) is 5.91 Å². The maximum absolute atomic E-state index is 11.8. The standard InChI is InChI=1S/C14H20N2O/c1-9-3-6-12(7-10(9)2)16-14(17)8-13(15)11-4-5-11/h3,6-7,11,13H,4-5,8,15H2,1-2H3,(H,16,17). The topological polar surface area (TPSA) is 55.1 Å². The van der Waals surface area contributed by atoms with Gasteiger partial charge in [0.15, 0.2) is 0 Å². The van der Waals surface area contributed by atoms with Gasteiger partial charge in [-0.25, -0.2) is 0 Å². The summed E-state index contributed by atoms with van der Waals surface area (Å²) in [5.41, 5.74) is 9.21. The van der Waals surface area contributed by atoms with Gasteiger partial charge in [0, 0.05) is 18.2 Å². The van der Waals surface area contributed by atoms with E-state index in [4.69, 9.17) is 5.73 Å². The number of nitrogens with one attached hydrogen (secondary N) is 1. The molecule has 3 N–H and O–H groups in total. The molecule has 1 aliphatic carbocycles. The normalized spacial score (nSPS) is 16.6. The Hall–Kier alpha value is -1.35. The monoisotopic (exact) mass is 232 g/mol. The van der Waals surface area contributed by atoms with Gasteiger partial charge in [-0.3, -0.25) is 4.79 Å². The molecule has 3 heteroatoms. The van der Waals surface area contributed by atoms with Crippen LogP contribution in [0.3, 0.4) is 0 Å². The van der Waals surface area contributed by atoms with Gasteiger partial charge in [0.25, 0.3) is 0 Å². The molecule has 1 atom stereocenters. The fraction of sp³-hybridized carbons (Fsp3) is 0.500. The van der Waals surface area contributed by atoms with E-state index in [2.05, 4.69) is 12.2 Å². The van der Waals surface area contributed by atoms with Crippen molar-refractivity contribution in [3.8, 4) is 0 Å². The van der Waals surface area contributed by atoms with Crippen LogP contribution in [-0.4, -0.2) is 11.9 Å². The Morgan fingerprint density at radius 1 is 1.41 bits per heavy atom. The summed E-state index contributed by atoms with van der Waals surface area (Å²) in [5.74, 6) is 0.591. The van der Waals surface area contributed by atoms with E-state index in [0.29, 0.717) is 12.3 Å². The van der Waals surface area contributed by atoms with E-state index in [-0.39, 0.29) is 11.9 Å². The molecule has 1 fully saturated rings. The molecule has 1 amide bonds. The lowest BCUT2D eigenvalue weighted by Gasteiger charge is -2.11. The van der Waals surface area contributed by atoms with Crippen LogP contribution in [0.15, 0.2) is 18.2 Å². The fourth-order valence-electron chi connectivity index (χ4n) is 1.94. The molecule has 0 aromatic heterocycles. The zero-order valence-corrected chi connectivity index (χ0v) is 10.5. The molecule has 0 radical (unpaired) electrons. The third kappa shape index (κ3) is 3.30. The Bertz CT molecular complexity index is 424. The van der Waals surface area contributed by atoms with Crippen LogP contribution in [-0.2, 0) is 4.79 Å². The predicted molar refractivity (Wildman–Crippen MR) is 69.9 cm³/mol. The minimum absolute atomic E-state index is 0.0210. The van der Waals surface area contributed by atoms with Crippen LogP contribution in [0.1, 0.15) is 30.4 Å². The largest absolute Gasteiger partial charge is 0.327 e. The zero-order valence-electron chi connectivity index (χ0n) is 10.5. The van der Waals surface area contributed by atoms with E-state index < -0.39 is 0 Å². The minimum atomic E-state index is 0.0210. The molecule has 0 spiro atoms. The molecule has 2 rings (SSSR count). The van der Waals surface area contributed by atoms with Gasteiger partial charge in [-0.15, -0.1) is 0 Å². The van der Waals surface area contributed by atoms with Gasteiger partial charge in [0.05, 0.1) is 0 Å². The molecule has 0 aliphatic heterocycles. The Morgan fingerprint density at radius 3 is 2.71 bits per heavy atom. The lowest BCUT2D eigenvalue weighted by atomic mass is 10.1. The average molecular weight is 232 g/mol. The number of amides is 1. The van der Waals surface area contributed by atoms with Gasteiger partial charge in [-0.2, -0.15) is 0 Å². The number of rotatable bonds is 4. The van der Waals surface area contributed by atoms with E-state index in [1.165, 1.54) is 24.0 Å². The summed E-state index contributed by atoms with van der Waals surface area (Å²) in [6.45, 7) is 4.10. The molecule has 3 nitrogen and oxygen atoms in total. The molecule has 1 aromatic rings. The van der Waals surface area contributed by atoms with Crippen molar-refractivity contribution in [2.24, 2.45) is 11.7 Å². The second kappa shape index (κ2) is 4.88. The first kappa shape index (κ1) is 12.1. The van der Waals surface area contributed by atoms with Gasteiger partial charge in [-0.1, -0.05) is 6.07 Å². The van der Waals surface area contributed by atoms with Crippen LogP contribution in [0.5, 0.6) is 0 Å². The second-order valence-electron chi connectivity index (χ2n) is 5.05. The lowest BCUT2D eigenvalue weighted by Crippen LogP contribution is -2.28. The van der Waals surface area contributed by atoms with Gasteiger partial charge in [0.1, 0.15) is 0 Å². The Balaban J connectivity index is 1.90. The molecule has 0 saturated heterocycles. The van der Waals surface area contributed by atoms with Gasteiger partial charge >= 0.3 is 0 Å². The van der Waals surface area contributed by atoms with Crippen molar-refractivity contribution in [3.63, 3.8) is 0 Å². The molecule has 0 bridgehead atoms. The summed E-state index contributed by atoms with van der Waals surface area (Å²) >= 11 is 0. The van der Waals surface area contributed by atoms with Crippen molar-refractivity contribution >= 4 is 11.6 Å². The Labute approximate surface area is 102 Å². The molecule has 92 valence electrons. The summed E-state index contributed by atoms with van der Waals surface area (Å²) in [4.78, 5) is 11.8. The first-order valence-corrected chi connectivity index (χ1v) is 6.19. The van der Waals surface area contributed by atoms with Crippen LogP contribution in [0.2, 0.25) is 0 Å². The smallest absolute Gasteiger partial charge is 0.225 e. The molecule has 1 saturated carbocycles. The van der Waals surface area contributed by atoms with E-state index in [1.807, 2.05) is 25.1 Å². The second-order valence-corrected chi connectivity index (χ2v) is 5.05. The fourth-order valence-corrected chi connectivity index (χ4v) is 1.94. The average Bonchev–Trinajstić information content (AvgIpc) is 3.06. The van der Waals surface area contributed by atoms with Gasteiger partial charge in [-0.05, 0) is 55.9 Å². The third-order valence-electron chi connectivity index (χ3n) is 3.44. The van der Waals surface area contributed by atoms with Crippen molar-refractivity contribution in [2.75, 3.05) is 5.32 Å². The molecule has 1 aromatic carbocycles.